The van der Waals surface area contributed by atoms with Crippen LogP contribution in [-0.4, -0.2) is 18.4 Å². The third-order valence-electron chi connectivity index (χ3n) is 5.04. The zero-order valence-corrected chi connectivity index (χ0v) is 19.0. The smallest absolute Gasteiger partial charge is 0.263 e. The van der Waals surface area contributed by atoms with Gasteiger partial charge in [0.05, 0.1) is 15.9 Å². The van der Waals surface area contributed by atoms with E-state index in [1.54, 1.807) is 35.8 Å². The van der Waals surface area contributed by atoms with E-state index in [-0.39, 0.29) is 4.90 Å². The summed E-state index contributed by atoms with van der Waals surface area (Å²) < 4.78 is 27.5. The van der Waals surface area contributed by atoms with Crippen LogP contribution in [0, 0.1) is 0 Å². The van der Waals surface area contributed by atoms with E-state index in [0.717, 1.165) is 33.1 Å². The predicted octanol–water partition coefficient (Wildman–Crippen LogP) is 5.91. The van der Waals surface area contributed by atoms with Gasteiger partial charge in [0.25, 0.3) is 10.0 Å². The highest BCUT2D eigenvalue weighted by Gasteiger charge is 2.15. The van der Waals surface area contributed by atoms with Gasteiger partial charge in [0, 0.05) is 39.6 Å². The summed E-state index contributed by atoms with van der Waals surface area (Å²) >= 11 is 7.41. The van der Waals surface area contributed by atoms with Crippen LogP contribution in [-0.2, 0) is 16.6 Å². The second-order valence-electron chi connectivity index (χ2n) is 7.09. The summed E-state index contributed by atoms with van der Waals surface area (Å²) in [6.45, 7) is 0.546. The van der Waals surface area contributed by atoms with Crippen LogP contribution in [0.1, 0.15) is 5.56 Å². The lowest BCUT2D eigenvalue weighted by Gasteiger charge is -2.13. The first-order chi connectivity index (χ1) is 15.5. The van der Waals surface area contributed by atoms with Gasteiger partial charge in [0.2, 0.25) is 0 Å². The molecule has 0 aliphatic heterocycles. The lowest BCUT2D eigenvalue weighted by molar-refractivity contribution is 0.601. The van der Waals surface area contributed by atoms with Crippen LogP contribution in [0.2, 0.25) is 5.02 Å². The summed E-state index contributed by atoms with van der Waals surface area (Å²) in [5.41, 5.74) is 3.64. The molecule has 9 heteroatoms. The highest BCUT2D eigenvalue weighted by molar-refractivity contribution is 7.93. The largest absolute Gasteiger partial charge is 0.381 e. The molecule has 5 aromatic rings. The van der Waals surface area contributed by atoms with Gasteiger partial charge in [-0.2, -0.15) is 0 Å². The molecule has 0 unspecified atom stereocenters. The second kappa shape index (κ2) is 8.38. The van der Waals surface area contributed by atoms with Gasteiger partial charge >= 0.3 is 0 Å². The van der Waals surface area contributed by atoms with Crippen LogP contribution in [0.15, 0.2) is 83.2 Å². The molecule has 0 saturated heterocycles. The number of nitrogens with zero attached hydrogens (tertiary/aromatic N) is 2. The van der Waals surface area contributed by atoms with Crippen molar-refractivity contribution >= 4 is 65.6 Å². The Morgan fingerprint density at radius 2 is 1.72 bits per heavy atom. The van der Waals surface area contributed by atoms with Crippen molar-refractivity contribution in [2.24, 2.45) is 0 Å². The van der Waals surface area contributed by atoms with Crippen molar-refractivity contribution < 1.29 is 8.42 Å². The number of benzene rings is 3. The predicted molar refractivity (Wildman–Crippen MR) is 131 cm³/mol. The lowest BCUT2D eigenvalue weighted by Crippen LogP contribution is -2.12. The summed E-state index contributed by atoms with van der Waals surface area (Å²) in [5.74, 6) is 0. The fourth-order valence-electron chi connectivity index (χ4n) is 3.53. The van der Waals surface area contributed by atoms with E-state index in [0.29, 0.717) is 16.7 Å². The molecule has 0 saturated carbocycles. The number of para-hydroxylation sites is 1. The molecule has 3 aromatic carbocycles. The fourth-order valence-corrected chi connectivity index (χ4v) is 5.49. The first-order valence-corrected chi connectivity index (χ1v) is 12.5. The van der Waals surface area contributed by atoms with Crippen molar-refractivity contribution in [3.05, 3.63) is 88.9 Å². The van der Waals surface area contributed by atoms with E-state index in [1.807, 2.05) is 42.5 Å². The molecule has 0 amide bonds. The van der Waals surface area contributed by atoms with Crippen molar-refractivity contribution in [1.29, 1.82) is 0 Å². The SMILES string of the molecule is O=S(=O)(Nc1nccs1)c1ccc(NCc2c3ccccc3nc3cc(Cl)ccc23)cc1. The number of pyridine rings is 1. The van der Waals surface area contributed by atoms with Crippen LogP contribution in [0.3, 0.4) is 0 Å². The topological polar surface area (TPSA) is 84.0 Å². The van der Waals surface area contributed by atoms with Crippen molar-refractivity contribution in [3.63, 3.8) is 0 Å². The van der Waals surface area contributed by atoms with Gasteiger partial charge in [-0.1, -0.05) is 35.9 Å². The summed E-state index contributed by atoms with van der Waals surface area (Å²) in [7, 11) is -3.68. The van der Waals surface area contributed by atoms with E-state index in [4.69, 9.17) is 16.6 Å². The molecule has 2 heterocycles. The maximum atomic E-state index is 12.5. The average Bonchev–Trinajstić information content (AvgIpc) is 3.29. The summed E-state index contributed by atoms with van der Waals surface area (Å²) in [4.78, 5) is 8.87. The number of aromatic nitrogens is 2. The number of halogens is 1. The van der Waals surface area contributed by atoms with Crippen LogP contribution >= 0.6 is 22.9 Å². The lowest BCUT2D eigenvalue weighted by atomic mass is 10.0. The molecule has 0 aliphatic carbocycles. The van der Waals surface area contributed by atoms with Gasteiger partial charge in [0.1, 0.15) is 0 Å². The molecule has 0 spiro atoms. The molecule has 2 aromatic heterocycles. The number of hydrogen-bond donors (Lipinski definition) is 2. The monoisotopic (exact) mass is 480 g/mol. The minimum Gasteiger partial charge on any atom is -0.381 e. The normalized spacial score (nSPS) is 11.7. The Kier molecular flexibility index (Phi) is 5.42. The number of rotatable bonds is 6. The summed E-state index contributed by atoms with van der Waals surface area (Å²) in [6.07, 6.45) is 1.55. The molecule has 160 valence electrons. The zero-order chi connectivity index (χ0) is 22.1. The Labute approximate surface area is 194 Å². The third-order valence-corrected chi connectivity index (χ3v) is 7.45. The fraction of sp³-hybridized carbons (Fsp3) is 0.0435. The molecule has 0 aliphatic rings. The average molecular weight is 481 g/mol. The number of anilines is 2. The highest BCUT2D eigenvalue weighted by Crippen LogP contribution is 2.29. The van der Waals surface area contributed by atoms with Crippen LogP contribution in [0.5, 0.6) is 0 Å². The quantitative estimate of drug-likeness (QED) is 0.295. The van der Waals surface area contributed by atoms with Gasteiger partial charge in [-0.05, 0) is 48.0 Å². The summed E-state index contributed by atoms with van der Waals surface area (Å²) in [5, 5.41) is 8.17. The van der Waals surface area contributed by atoms with Crippen molar-refractivity contribution in [2.45, 2.75) is 11.4 Å². The number of hydrogen-bond acceptors (Lipinski definition) is 6. The van der Waals surface area contributed by atoms with Crippen molar-refractivity contribution in [1.82, 2.24) is 9.97 Å². The highest BCUT2D eigenvalue weighted by atomic mass is 35.5. The Bertz CT molecular complexity index is 1520. The number of sulfonamides is 1. The van der Waals surface area contributed by atoms with Crippen LogP contribution in [0.4, 0.5) is 10.8 Å². The standard InChI is InChI=1S/C23H17ClN4O2S2/c24-15-5-10-19-20(18-3-1-2-4-21(18)27-22(19)13-15)14-26-16-6-8-17(9-7-16)32(29,30)28-23-25-11-12-31-23/h1-13,26H,14H2,(H,25,28). The number of thiazole rings is 1. The van der Waals surface area contributed by atoms with E-state index in [2.05, 4.69) is 15.0 Å². The molecule has 0 radical (unpaired) electrons. The van der Waals surface area contributed by atoms with Gasteiger partial charge in [-0.15, -0.1) is 11.3 Å². The Balaban J connectivity index is 1.42. The maximum Gasteiger partial charge on any atom is 0.263 e. The Morgan fingerprint density at radius 3 is 2.50 bits per heavy atom. The molecule has 5 rings (SSSR count). The first kappa shape index (κ1) is 20.7. The second-order valence-corrected chi connectivity index (χ2v) is 10.1. The summed E-state index contributed by atoms with van der Waals surface area (Å²) in [6, 6.07) is 20.3. The van der Waals surface area contributed by atoms with Crippen molar-refractivity contribution in [3.8, 4) is 0 Å². The zero-order valence-electron chi connectivity index (χ0n) is 16.6. The number of nitrogens with one attached hydrogen (secondary N) is 2. The minimum absolute atomic E-state index is 0.174. The van der Waals surface area contributed by atoms with Crippen LogP contribution in [0.25, 0.3) is 21.8 Å². The first-order valence-electron chi connectivity index (χ1n) is 9.73. The maximum absolute atomic E-state index is 12.5. The van der Waals surface area contributed by atoms with Gasteiger partial charge in [0.15, 0.2) is 5.13 Å². The Morgan fingerprint density at radius 1 is 0.938 bits per heavy atom. The molecular weight excluding hydrogens is 464 g/mol. The Hall–Kier alpha value is -3.20. The number of fused-ring (bicyclic) bond motifs is 2. The third kappa shape index (κ3) is 4.12. The van der Waals surface area contributed by atoms with E-state index in [9.17, 15) is 8.42 Å². The molecule has 2 N–H and O–H groups in total. The van der Waals surface area contributed by atoms with Crippen molar-refractivity contribution in [2.75, 3.05) is 10.0 Å². The van der Waals surface area contributed by atoms with Gasteiger partial charge < -0.3 is 5.32 Å². The molecule has 0 fully saturated rings. The van der Waals surface area contributed by atoms with E-state index >= 15 is 0 Å². The minimum atomic E-state index is -3.68. The van der Waals surface area contributed by atoms with E-state index in [1.165, 1.54) is 11.3 Å². The molecule has 6 nitrogen and oxygen atoms in total. The molecule has 0 atom stereocenters. The van der Waals surface area contributed by atoms with E-state index < -0.39 is 10.0 Å². The van der Waals surface area contributed by atoms with Gasteiger partial charge in [-0.3, -0.25) is 4.72 Å². The molecule has 32 heavy (non-hydrogen) atoms. The molecule has 0 bridgehead atoms. The molecular formula is C23H17ClN4O2S2. The van der Waals surface area contributed by atoms with Gasteiger partial charge in [-0.25, -0.2) is 18.4 Å². The van der Waals surface area contributed by atoms with Crippen LogP contribution < -0.4 is 10.0 Å².